The van der Waals surface area contributed by atoms with Crippen LogP contribution < -0.4 is 10.5 Å². The third-order valence-electron chi connectivity index (χ3n) is 5.99. The molecule has 0 radical (unpaired) electrons. The standard InChI is InChI=1S/C27H46NO10P/c1-3-4-5-6-7-8-9-10-11-17-35-24-14-12-13-22(18-24)15-16-25(30)36-19-23(29)20-37-39(33,34)38-21(2)26(28)27(31)32/h12-14,18,21,23,26,29H,3-11,15-17,19-20,28H2,1-2H3,(H,31,32)(H,33,34)/t21-,23+,26-/m0/s1. The summed E-state index contributed by atoms with van der Waals surface area (Å²) in [7, 11) is -4.68. The van der Waals surface area contributed by atoms with Crippen LogP contribution in [0, 0.1) is 0 Å². The number of phosphoric acid groups is 1. The number of aliphatic carboxylic acids is 1. The van der Waals surface area contributed by atoms with Crippen LogP contribution in [-0.4, -0.2) is 65.1 Å². The van der Waals surface area contributed by atoms with E-state index in [1.54, 1.807) is 0 Å². The summed E-state index contributed by atoms with van der Waals surface area (Å²) in [5.41, 5.74) is 6.22. The highest BCUT2D eigenvalue weighted by Gasteiger charge is 2.31. The smallest absolute Gasteiger partial charge is 0.472 e. The van der Waals surface area contributed by atoms with E-state index in [9.17, 15) is 24.2 Å². The number of ether oxygens (including phenoxy) is 2. The number of phosphoric ester groups is 1. The molecule has 5 N–H and O–H groups in total. The van der Waals surface area contributed by atoms with E-state index >= 15 is 0 Å². The van der Waals surface area contributed by atoms with Gasteiger partial charge in [-0.05, 0) is 37.5 Å². The third kappa shape index (κ3) is 17.3. The van der Waals surface area contributed by atoms with E-state index in [4.69, 9.17) is 20.3 Å². The van der Waals surface area contributed by atoms with E-state index in [0.29, 0.717) is 13.0 Å². The lowest BCUT2D eigenvalue weighted by Gasteiger charge is -2.21. The Bertz CT molecular complexity index is 884. The van der Waals surface area contributed by atoms with Gasteiger partial charge in [0, 0.05) is 6.42 Å². The Hall–Kier alpha value is -2.01. The van der Waals surface area contributed by atoms with E-state index in [-0.39, 0.29) is 6.42 Å². The van der Waals surface area contributed by atoms with Gasteiger partial charge < -0.3 is 30.3 Å². The zero-order chi connectivity index (χ0) is 29.1. The lowest BCUT2D eigenvalue weighted by Crippen LogP contribution is -2.41. The normalized spacial score (nSPS) is 15.2. The van der Waals surface area contributed by atoms with Gasteiger partial charge in [-0.3, -0.25) is 18.6 Å². The summed E-state index contributed by atoms with van der Waals surface area (Å²) in [6, 6.07) is 5.99. The molecule has 0 aliphatic rings. The van der Waals surface area contributed by atoms with Gasteiger partial charge in [-0.25, -0.2) is 4.57 Å². The zero-order valence-corrected chi connectivity index (χ0v) is 24.1. The number of carboxylic acids is 1. The molecular weight excluding hydrogens is 529 g/mol. The van der Waals surface area contributed by atoms with Gasteiger partial charge in [-0.15, -0.1) is 0 Å². The highest BCUT2D eigenvalue weighted by molar-refractivity contribution is 7.47. The highest BCUT2D eigenvalue weighted by atomic mass is 31.2. The summed E-state index contributed by atoms with van der Waals surface area (Å²) >= 11 is 0. The largest absolute Gasteiger partial charge is 0.494 e. The maximum Gasteiger partial charge on any atom is 0.472 e. The van der Waals surface area contributed by atoms with Crippen molar-refractivity contribution in [3.63, 3.8) is 0 Å². The Labute approximate surface area is 231 Å². The molecule has 0 aliphatic heterocycles. The molecule has 1 rings (SSSR count). The first kappa shape index (κ1) is 35.0. The number of aliphatic hydroxyl groups excluding tert-OH is 1. The van der Waals surface area contributed by atoms with Gasteiger partial charge in [-0.1, -0.05) is 70.4 Å². The molecule has 4 atom stereocenters. The Morgan fingerprint density at radius 2 is 1.67 bits per heavy atom. The predicted molar refractivity (Wildman–Crippen MR) is 146 cm³/mol. The van der Waals surface area contributed by atoms with Gasteiger partial charge in [0.05, 0.1) is 19.3 Å². The topological polar surface area (TPSA) is 175 Å². The van der Waals surface area contributed by atoms with E-state index < -0.39 is 51.2 Å². The van der Waals surface area contributed by atoms with Gasteiger partial charge in [0.1, 0.15) is 24.5 Å². The average molecular weight is 576 g/mol. The fourth-order valence-electron chi connectivity index (χ4n) is 3.64. The molecule has 0 spiro atoms. The van der Waals surface area contributed by atoms with Crippen LogP contribution in [0.1, 0.15) is 83.6 Å². The summed E-state index contributed by atoms with van der Waals surface area (Å²) in [6.45, 7) is 2.95. The number of hydrogen-bond donors (Lipinski definition) is 4. The van der Waals surface area contributed by atoms with Crippen molar-refractivity contribution in [2.45, 2.75) is 103 Å². The van der Waals surface area contributed by atoms with Crippen molar-refractivity contribution in [3.05, 3.63) is 29.8 Å². The highest BCUT2D eigenvalue weighted by Crippen LogP contribution is 2.44. The van der Waals surface area contributed by atoms with E-state index in [0.717, 1.165) is 24.2 Å². The molecular formula is C27H46NO10P. The monoisotopic (exact) mass is 575 g/mol. The van der Waals surface area contributed by atoms with Crippen molar-refractivity contribution in [1.82, 2.24) is 0 Å². The molecule has 1 unspecified atom stereocenters. The van der Waals surface area contributed by atoms with E-state index in [2.05, 4.69) is 16.0 Å². The van der Waals surface area contributed by atoms with Crippen molar-refractivity contribution in [2.75, 3.05) is 19.8 Å². The van der Waals surface area contributed by atoms with Gasteiger partial charge in [0.15, 0.2) is 0 Å². The maximum absolute atomic E-state index is 12.1. The lowest BCUT2D eigenvalue weighted by atomic mass is 10.1. The fourth-order valence-corrected chi connectivity index (χ4v) is 4.61. The van der Waals surface area contributed by atoms with Crippen LogP contribution in [0.2, 0.25) is 0 Å². The number of aryl methyl sites for hydroxylation is 1. The minimum atomic E-state index is -4.68. The second-order valence-corrected chi connectivity index (χ2v) is 11.0. The molecule has 39 heavy (non-hydrogen) atoms. The Kier molecular flexibility index (Phi) is 17.9. The molecule has 0 saturated heterocycles. The van der Waals surface area contributed by atoms with Crippen molar-refractivity contribution in [3.8, 4) is 5.75 Å². The molecule has 11 nitrogen and oxygen atoms in total. The molecule has 0 amide bonds. The number of esters is 1. The summed E-state index contributed by atoms with van der Waals surface area (Å²) in [4.78, 5) is 32.5. The number of carbonyl (C=O) groups is 2. The van der Waals surface area contributed by atoms with Gasteiger partial charge in [-0.2, -0.15) is 0 Å². The molecule has 0 aromatic heterocycles. The molecule has 0 bridgehead atoms. The van der Waals surface area contributed by atoms with Crippen LogP contribution in [-0.2, 0) is 34.4 Å². The van der Waals surface area contributed by atoms with Crippen molar-refractivity contribution in [1.29, 1.82) is 0 Å². The number of unbranched alkanes of at least 4 members (excludes halogenated alkanes) is 8. The van der Waals surface area contributed by atoms with Gasteiger partial charge >= 0.3 is 19.8 Å². The molecule has 12 heteroatoms. The van der Waals surface area contributed by atoms with E-state index in [1.807, 2.05) is 24.3 Å². The van der Waals surface area contributed by atoms with Gasteiger partial charge in [0.2, 0.25) is 0 Å². The molecule has 0 saturated carbocycles. The van der Waals surface area contributed by atoms with Crippen molar-refractivity contribution >= 4 is 19.8 Å². The minimum Gasteiger partial charge on any atom is -0.494 e. The first-order chi connectivity index (χ1) is 18.5. The second-order valence-electron chi connectivity index (χ2n) is 9.60. The lowest BCUT2D eigenvalue weighted by molar-refractivity contribution is -0.147. The second kappa shape index (κ2) is 20.0. The van der Waals surface area contributed by atoms with E-state index in [1.165, 1.54) is 51.9 Å². The summed E-state index contributed by atoms with van der Waals surface area (Å²) < 4.78 is 32.0. The van der Waals surface area contributed by atoms with Crippen LogP contribution in [0.5, 0.6) is 5.75 Å². The number of aliphatic hydroxyl groups is 1. The SMILES string of the molecule is CCCCCCCCCCCOc1cccc(CCC(=O)OC[C@@H](O)COP(=O)(O)O[C@@H](C)[C@H](N)C(=O)O)c1. The summed E-state index contributed by atoms with van der Waals surface area (Å²) in [5.74, 6) is -1.22. The summed E-state index contributed by atoms with van der Waals surface area (Å²) in [5, 5.41) is 18.7. The number of rotatable bonds is 23. The number of benzene rings is 1. The van der Waals surface area contributed by atoms with Gasteiger partial charge in [0.25, 0.3) is 0 Å². The molecule has 1 aromatic rings. The molecule has 0 aliphatic carbocycles. The number of carboxylic acid groups (broad SMARTS) is 1. The number of carbonyl (C=O) groups excluding carboxylic acids is 1. The maximum atomic E-state index is 12.1. The Morgan fingerprint density at radius 3 is 2.31 bits per heavy atom. The minimum absolute atomic E-state index is 0.0709. The van der Waals surface area contributed by atoms with Crippen LogP contribution in [0.15, 0.2) is 24.3 Å². The molecule has 0 fully saturated rings. The quantitative estimate of drug-likeness (QED) is 0.0828. The first-order valence-corrected chi connectivity index (χ1v) is 15.2. The van der Waals surface area contributed by atoms with Crippen LogP contribution in [0.25, 0.3) is 0 Å². The van der Waals surface area contributed by atoms with Crippen LogP contribution in [0.3, 0.4) is 0 Å². The molecule has 1 aromatic carbocycles. The predicted octanol–water partition coefficient (Wildman–Crippen LogP) is 4.37. The van der Waals surface area contributed by atoms with Crippen molar-refractivity contribution < 1.29 is 47.8 Å². The average Bonchev–Trinajstić information content (AvgIpc) is 2.90. The van der Waals surface area contributed by atoms with Crippen molar-refractivity contribution in [2.24, 2.45) is 5.73 Å². The molecule has 224 valence electrons. The van der Waals surface area contributed by atoms with Crippen LogP contribution in [0.4, 0.5) is 0 Å². The fraction of sp³-hybridized carbons (Fsp3) is 0.704. The first-order valence-electron chi connectivity index (χ1n) is 13.7. The number of hydrogen-bond acceptors (Lipinski definition) is 9. The zero-order valence-electron chi connectivity index (χ0n) is 23.2. The Morgan fingerprint density at radius 1 is 1.03 bits per heavy atom. The Balaban J connectivity index is 2.23. The van der Waals surface area contributed by atoms with Crippen LogP contribution >= 0.6 is 7.82 Å². The molecule has 0 heterocycles. The third-order valence-corrected chi connectivity index (χ3v) is 7.06. The number of nitrogens with two attached hydrogens (primary N) is 1. The summed E-state index contributed by atoms with van der Waals surface area (Å²) in [6.07, 6.45) is 9.02.